The molecule has 19 heavy (non-hydrogen) atoms. The van der Waals surface area contributed by atoms with E-state index in [0.29, 0.717) is 27.5 Å². The summed E-state index contributed by atoms with van der Waals surface area (Å²) in [6, 6.07) is 3.27. The highest BCUT2D eigenvalue weighted by Crippen LogP contribution is 2.28. The van der Waals surface area contributed by atoms with Gasteiger partial charge in [0.05, 0.1) is 0 Å². The van der Waals surface area contributed by atoms with E-state index in [2.05, 4.69) is 26.1 Å². The Morgan fingerprint density at radius 2 is 2.21 bits per heavy atom. The average molecular weight is 327 g/mol. The Kier molecular flexibility index (Phi) is 3.84. The van der Waals surface area contributed by atoms with Crippen LogP contribution in [0.4, 0.5) is 0 Å². The van der Waals surface area contributed by atoms with Crippen LogP contribution in [0, 0.1) is 13.8 Å². The first-order valence-corrected chi connectivity index (χ1v) is 6.22. The lowest BCUT2D eigenvalue weighted by Gasteiger charge is -2.11. The number of carboxylic acids is 1. The molecule has 0 unspecified atom stereocenters. The van der Waals surface area contributed by atoms with Crippen molar-refractivity contribution in [3.05, 3.63) is 39.4 Å². The zero-order valence-corrected chi connectivity index (χ0v) is 11.9. The number of ether oxygens (including phenoxy) is 1. The molecule has 1 aromatic heterocycles. The summed E-state index contributed by atoms with van der Waals surface area (Å²) in [5.41, 5.74) is 0.797. The summed E-state index contributed by atoms with van der Waals surface area (Å²) in [5, 5.41) is 12.8. The second-order valence-electron chi connectivity index (χ2n) is 3.93. The van der Waals surface area contributed by atoms with Crippen LogP contribution >= 0.6 is 15.9 Å². The minimum atomic E-state index is -1.05. The molecule has 2 rings (SSSR count). The number of carbonyl (C=O) groups is 1. The van der Waals surface area contributed by atoms with Gasteiger partial charge in [0.2, 0.25) is 0 Å². The van der Waals surface area contributed by atoms with Gasteiger partial charge >= 0.3 is 5.97 Å². The molecule has 0 fully saturated rings. The van der Waals surface area contributed by atoms with E-state index in [1.165, 1.54) is 6.07 Å². The highest BCUT2D eigenvalue weighted by atomic mass is 79.9. The zero-order chi connectivity index (χ0) is 14.0. The minimum absolute atomic E-state index is 0.0313. The molecule has 0 atom stereocenters. The number of benzene rings is 1. The maximum atomic E-state index is 11.2. The summed E-state index contributed by atoms with van der Waals surface area (Å²) in [7, 11) is 0. The van der Waals surface area contributed by atoms with Gasteiger partial charge in [-0.25, -0.2) is 4.79 Å². The number of halogens is 1. The normalized spacial score (nSPS) is 10.5. The first-order chi connectivity index (χ1) is 8.97. The molecular formula is C12H11BrN2O4. The third-order valence-corrected chi connectivity index (χ3v) is 2.84. The predicted molar refractivity (Wildman–Crippen MR) is 69.2 cm³/mol. The van der Waals surface area contributed by atoms with E-state index in [9.17, 15) is 4.79 Å². The van der Waals surface area contributed by atoms with E-state index in [0.717, 1.165) is 0 Å². The van der Waals surface area contributed by atoms with Gasteiger partial charge < -0.3 is 14.4 Å². The van der Waals surface area contributed by atoms with Crippen LogP contribution in [0.5, 0.6) is 5.75 Å². The molecule has 0 amide bonds. The van der Waals surface area contributed by atoms with Gasteiger partial charge in [0, 0.05) is 4.47 Å². The Balaban J connectivity index is 2.26. The number of carboxylic acid groups (broad SMARTS) is 1. The van der Waals surface area contributed by atoms with Gasteiger partial charge in [-0.05, 0) is 31.5 Å². The lowest BCUT2D eigenvalue weighted by atomic mass is 10.1. The molecule has 0 spiro atoms. The van der Waals surface area contributed by atoms with Crippen molar-refractivity contribution in [3.63, 3.8) is 0 Å². The molecule has 1 heterocycles. The van der Waals surface area contributed by atoms with Gasteiger partial charge in [-0.15, -0.1) is 0 Å². The van der Waals surface area contributed by atoms with Crippen LogP contribution in [-0.4, -0.2) is 21.2 Å². The van der Waals surface area contributed by atoms with E-state index in [-0.39, 0.29) is 12.2 Å². The Labute approximate surface area is 117 Å². The van der Waals surface area contributed by atoms with E-state index >= 15 is 0 Å². The highest BCUT2D eigenvalue weighted by Gasteiger charge is 2.16. The summed E-state index contributed by atoms with van der Waals surface area (Å²) < 4.78 is 11.1. The molecule has 0 aliphatic rings. The summed E-state index contributed by atoms with van der Waals surface area (Å²) in [5.74, 6) is 0.0495. The Bertz CT molecular complexity index is 624. The fraction of sp³-hybridized carbons (Fsp3) is 0.250. The maximum Gasteiger partial charge on any atom is 0.339 e. The van der Waals surface area contributed by atoms with Crippen molar-refractivity contribution in [2.75, 3.05) is 0 Å². The fourth-order valence-electron chi connectivity index (χ4n) is 1.61. The second-order valence-corrected chi connectivity index (χ2v) is 4.84. The molecule has 0 bridgehead atoms. The van der Waals surface area contributed by atoms with Crippen LogP contribution in [0.25, 0.3) is 0 Å². The van der Waals surface area contributed by atoms with Crippen molar-refractivity contribution in [1.29, 1.82) is 0 Å². The molecular weight excluding hydrogens is 316 g/mol. The predicted octanol–water partition coefficient (Wildman–Crippen LogP) is 2.73. The van der Waals surface area contributed by atoms with Crippen LogP contribution in [0.1, 0.15) is 27.6 Å². The third kappa shape index (κ3) is 3.11. The van der Waals surface area contributed by atoms with Crippen LogP contribution < -0.4 is 4.74 Å². The van der Waals surface area contributed by atoms with Gasteiger partial charge in [-0.3, -0.25) is 0 Å². The highest BCUT2D eigenvalue weighted by molar-refractivity contribution is 9.10. The summed E-state index contributed by atoms with van der Waals surface area (Å²) in [6.07, 6.45) is 0. The first kappa shape index (κ1) is 13.5. The number of aryl methyl sites for hydroxylation is 2. The third-order valence-electron chi connectivity index (χ3n) is 2.38. The van der Waals surface area contributed by atoms with Crippen molar-refractivity contribution >= 4 is 21.9 Å². The van der Waals surface area contributed by atoms with Gasteiger partial charge in [-0.1, -0.05) is 21.1 Å². The molecule has 1 N–H and O–H groups in total. The number of hydrogen-bond acceptors (Lipinski definition) is 5. The Morgan fingerprint density at radius 3 is 2.79 bits per heavy atom. The molecule has 0 aliphatic carbocycles. The number of rotatable bonds is 4. The van der Waals surface area contributed by atoms with Crippen molar-refractivity contribution in [1.82, 2.24) is 10.1 Å². The quantitative estimate of drug-likeness (QED) is 0.929. The van der Waals surface area contributed by atoms with Crippen molar-refractivity contribution in [2.24, 2.45) is 0 Å². The van der Waals surface area contributed by atoms with Crippen LogP contribution in [-0.2, 0) is 6.61 Å². The van der Waals surface area contributed by atoms with E-state index < -0.39 is 5.97 Å². The van der Waals surface area contributed by atoms with Crippen molar-refractivity contribution < 1.29 is 19.2 Å². The minimum Gasteiger partial charge on any atom is -0.483 e. The first-order valence-electron chi connectivity index (χ1n) is 5.43. The number of aromatic carboxylic acids is 1. The Morgan fingerprint density at radius 1 is 1.47 bits per heavy atom. The summed E-state index contributed by atoms with van der Waals surface area (Å²) >= 11 is 3.26. The van der Waals surface area contributed by atoms with Gasteiger partial charge in [0.25, 0.3) is 5.89 Å². The molecule has 1 aromatic carbocycles. The molecule has 0 saturated heterocycles. The molecule has 2 aromatic rings. The van der Waals surface area contributed by atoms with Crippen LogP contribution in [0.2, 0.25) is 0 Å². The van der Waals surface area contributed by atoms with Crippen LogP contribution in [0.15, 0.2) is 21.1 Å². The topological polar surface area (TPSA) is 85.5 Å². The second kappa shape index (κ2) is 5.40. The van der Waals surface area contributed by atoms with E-state index in [4.69, 9.17) is 14.4 Å². The standard InChI is InChI=1S/C12H11BrN2O4/c1-6-3-8(13)4-9(12(16)17)11(6)18-5-10-14-7(2)15-19-10/h3-4H,5H2,1-2H3,(H,16,17). The molecule has 0 aliphatic heterocycles. The fourth-order valence-corrected chi connectivity index (χ4v) is 2.19. The van der Waals surface area contributed by atoms with Gasteiger partial charge in [-0.2, -0.15) is 4.98 Å². The largest absolute Gasteiger partial charge is 0.483 e. The van der Waals surface area contributed by atoms with Gasteiger partial charge in [0.1, 0.15) is 11.3 Å². The molecule has 6 nitrogen and oxygen atoms in total. The SMILES string of the molecule is Cc1noc(COc2c(C)cc(Br)cc2C(=O)O)n1. The Hall–Kier alpha value is -1.89. The summed E-state index contributed by atoms with van der Waals surface area (Å²) in [6.45, 7) is 3.50. The number of nitrogens with zero attached hydrogens (tertiary/aromatic N) is 2. The molecule has 0 saturated carbocycles. The van der Waals surface area contributed by atoms with Crippen molar-refractivity contribution in [2.45, 2.75) is 20.5 Å². The average Bonchev–Trinajstić information content (AvgIpc) is 2.73. The van der Waals surface area contributed by atoms with E-state index in [1.54, 1.807) is 19.9 Å². The number of hydrogen-bond donors (Lipinski definition) is 1. The summed E-state index contributed by atoms with van der Waals surface area (Å²) in [4.78, 5) is 15.2. The van der Waals surface area contributed by atoms with Crippen LogP contribution in [0.3, 0.4) is 0 Å². The lowest BCUT2D eigenvalue weighted by molar-refractivity contribution is 0.0690. The van der Waals surface area contributed by atoms with E-state index in [1.807, 2.05) is 0 Å². The number of aromatic nitrogens is 2. The van der Waals surface area contributed by atoms with Gasteiger partial charge in [0.15, 0.2) is 12.4 Å². The van der Waals surface area contributed by atoms with Crippen molar-refractivity contribution in [3.8, 4) is 5.75 Å². The lowest BCUT2D eigenvalue weighted by Crippen LogP contribution is -2.05. The molecule has 7 heteroatoms. The molecule has 0 radical (unpaired) electrons. The molecule has 100 valence electrons. The maximum absolute atomic E-state index is 11.2. The zero-order valence-electron chi connectivity index (χ0n) is 10.3. The smallest absolute Gasteiger partial charge is 0.339 e. The monoisotopic (exact) mass is 326 g/mol.